The van der Waals surface area contributed by atoms with Gasteiger partial charge in [0.15, 0.2) is 0 Å². The summed E-state index contributed by atoms with van der Waals surface area (Å²) >= 11 is 0. The standard InChI is InChI=1S/C20H24F3N3O/c1-26(2)13-12-24-18(15-8-4-3-5-9-15)19(27)25-14-16-10-6-7-11-17(16)20(21,22)23/h3-11,18,24H,12-14H2,1-2H3,(H,25,27)/t18-/m0/s1. The molecule has 1 amide bonds. The van der Waals surface area contributed by atoms with Crippen LogP contribution in [0.4, 0.5) is 13.2 Å². The maximum Gasteiger partial charge on any atom is 0.416 e. The lowest BCUT2D eigenvalue weighted by Gasteiger charge is -2.21. The van der Waals surface area contributed by atoms with E-state index in [2.05, 4.69) is 10.6 Å². The first-order chi connectivity index (χ1) is 12.8. The first-order valence-corrected chi connectivity index (χ1v) is 8.65. The van der Waals surface area contributed by atoms with Crippen LogP contribution in [0.2, 0.25) is 0 Å². The van der Waals surface area contributed by atoms with Crippen LogP contribution in [-0.2, 0) is 17.5 Å². The molecule has 0 aliphatic carbocycles. The molecule has 0 bridgehead atoms. The summed E-state index contributed by atoms with van der Waals surface area (Å²) in [5.74, 6) is -0.364. The van der Waals surface area contributed by atoms with Crippen molar-refractivity contribution in [2.45, 2.75) is 18.8 Å². The van der Waals surface area contributed by atoms with E-state index in [9.17, 15) is 18.0 Å². The van der Waals surface area contributed by atoms with Gasteiger partial charge in [-0.3, -0.25) is 4.79 Å². The summed E-state index contributed by atoms with van der Waals surface area (Å²) in [5.41, 5.74) is 0.0680. The highest BCUT2D eigenvalue weighted by atomic mass is 19.4. The van der Waals surface area contributed by atoms with Crippen LogP contribution >= 0.6 is 0 Å². The van der Waals surface area contributed by atoms with Gasteiger partial charge in [0.25, 0.3) is 0 Å². The second-order valence-electron chi connectivity index (χ2n) is 6.47. The maximum atomic E-state index is 13.1. The number of hydrogen-bond donors (Lipinski definition) is 2. The fraction of sp³-hybridized carbons (Fsp3) is 0.350. The van der Waals surface area contributed by atoms with E-state index in [0.717, 1.165) is 18.2 Å². The second kappa shape index (κ2) is 9.53. The zero-order valence-corrected chi connectivity index (χ0v) is 15.4. The van der Waals surface area contributed by atoms with Gasteiger partial charge in [0.1, 0.15) is 6.04 Å². The lowest BCUT2D eigenvalue weighted by atomic mass is 10.0. The molecule has 27 heavy (non-hydrogen) atoms. The Morgan fingerprint density at radius 2 is 1.67 bits per heavy atom. The van der Waals surface area contributed by atoms with Crippen molar-refractivity contribution in [1.82, 2.24) is 15.5 Å². The van der Waals surface area contributed by atoms with E-state index in [1.165, 1.54) is 18.2 Å². The predicted molar refractivity (Wildman–Crippen MR) is 99.0 cm³/mol. The van der Waals surface area contributed by atoms with Crippen LogP contribution in [0.15, 0.2) is 54.6 Å². The van der Waals surface area contributed by atoms with E-state index in [-0.39, 0.29) is 18.0 Å². The van der Waals surface area contributed by atoms with Crippen molar-refractivity contribution in [3.8, 4) is 0 Å². The smallest absolute Gasteiger partial charge is 0.350 e. The number of likely N-dealkylation sites (N-methyl/N-ethyl adjacent to an activating group) is 1. The molecule has 2 aromatic carbocycles. The van der Waals surface area contributed by atoms with Crippen molar-refractivity contribution >= 4 is 5.91 Å². The molecule has 2 N–H and O–H groups in total. The number of benzene rings is 2. The molecule has 0 saturated carbocycles. The number of carbonyl (C=O) groups is 1. The van der Waals surface area contributed by atoms with E-state index < -0.39 is 17.8 Å². The molecular formula is C20H24F3N3O. The molecule has 7 heteroatoms. The van der Waals surface area contributed by atoms with Gasteiger partial charge in [-0.2, -0.15) is 13.2 Å². The lowest BCUT2D eigenvalue weighted by Crippen LogP contribution is -2.40. The molecule has 0 aromatic heterocycles. The zero-order chi connectivity index (χ0) is 19.9. The highest BCUT2D eigenvalue weighted by Gasteiger charge is 2.33. The van der Waals surface area contributed by atoms with Gasteiger partial charge in [-0.05, 0) is 31.3 Å². The first kappa shape index (κ1) is 20.9. The molecule has 2 rings (SSSR count). The molecule has 0 radical (unpaired) electrons. The number of rotatable bonds is 8. The first-order valence-electron chi connectivity index (χ1n) is 8.65. The average molecular weight is 379 g/mol. The van der Waals surface area contributed by atoms with E-state index in [1.807, 2.05) is 49.3 Å². The van der Waals surface area contributed by atoms with E-state index in [4.69, 9.17) is 0 Å². The Morgan fingerprint density at radius 1 is 1.04 bits per heavy atom. The molecule has 0 aliphatic rings. The van der Waals surface area contributed by atoms with Crippen molar-refractivity contribution < 1.29 is 18.0 Å². The third-order valence-electron chi connectivity index (χ3n) is 4.08. The number of hydrogen-bond acceptors (Lipinski definition) is 3. The van der Waals surface area contributed by atoms with Gasteiger partial charge in [0.2, 0.25) is 5.91 Å². The van der Waals surface area contributed by atoms with Crippen LogP contribution in [0.3, 0.4) is 0 Å². The molecule has 0 spiro atoms. The molecule has 146 valence electrons. The van der Waals surface area contributed by atoms with E-state index in [1.54, 1.807) is 0 Å². The Labute approximate surface area is 157 Å². The number of alkyl halides is 3. The second-order valence-corrected chi connectivity index (χ2v) is 6.47. The molecule has 0 fully saturated rings. The summed E-state index contributed by atoms with van der Waals surface area (Å²) in [6.45, 7) is 1.11. The van der Waals surface area contributed by atoms with Gasteiger partial charge in [-0.25, -0.2) is 0 Å². The maximum absolute atomic E-state index is 13.1. The van der Waals surface area contributed by atoms with Gasteiger partial charge >= 0.3 is 6.18 Å². The third-order valence-corrected chi connectivity index (χ3v) is 4.08. The lowest BCUT2D eigenvalue weighted by molar-refractivity contribution is -0.138. The van der Waals surface area contributed by atoms with Gasteiger partial charge in [0.05, 0.1) is 5.56 Å². The molecule has 1 atom stereocenters. The zero-order valence-electron chi connectivity index (χ0n) is 15.4. The molecular weight excluding hydrogens is 355 g/mol. The van der Waals surface area contributed by atoms with Crippen LogP contribution in [-0.4, -0.2) is 38.0 Å². The van der Waals surface area contributed by atoms with Gasteiger partial charge in [0, 0.05) is 19.6 Å². The Morgan fingerprint density at radius 3 is 2.30 bits per heavy atom. The number of amides is 1. The summed E-state index contributed by atoms with van der Waals surface area (Å²) in [6.07, 6.45) is -4.45. The predicted octanol–water partition coefficient (Wildman–Crippen LogP) is 3.21. The van der Waals surface area contributed by atoms with Crippen LogP contribution in [0.25, 0.3) is 0 Å². The summed E-state index contributed by atoms with van der Waals surface area (Å²) in [7, 11) is 3.85. The van der Waals surface area contributed by atoms with Crippen LogP contribution in [0.5, 0.6) is 0 Å². The van der Waals surface area contributed by atoms with Crippen LogP contribution < -0.4 is 10.6 Å². The highest BCUT2D eigenvalue weighted by Crippen LogP contribution is 2.31. The van der Waals surface area contributed by atoms with Crippen molar-refractivity contribution in [2.75, 3.05) is 27.2 Å². The topological polar surface area (TPSA) is 44.4 Å². The minimum Gasteiger partial charge on any atom is -0.350 e. The van der Waals surface area contributed by atoms with Gasteiger partial charge < -0.3 is 15.5 Å². The Bertz CT molecular complexity index is 733. The fourth-order valence-electron chi connectivity index (χ4n) is 2.68. The SMILES string of the molecule is CN(C)CCN[C@H](C(=O)NCc1ccccc1C(F)(F)F)c1ccccc1. The summed E-state index contributed by atoms with van der Waals surface area (Å²) in [5, 5.41) is 5.81. The van der Waals surface area contributed by atoms with Crippen molar-refractivity contribution in [3.05, 3.63) is 71.3 Å². The highest BCUT2D eigenvalue weighted by molar-refractivity contribution is 5.83. The largest absolute Gasteiger partial charge is 0.416 e. The summed E-state index contributed by atoms with van der Waals surface area (Å²) in [6, 6.07) is 13.7. The Balaban J connectivity index is 2.10. The molecule has 0 saturated heterocycles. The van der Waals surface area contributed by atoms with Crippen LogP contribution in [0, 0.1) is 0 Å². The molecule has 0 unspecified atom stereocenters. The number of nitrogens with zero attached hydrogens (tertiary/aromatic N) is 1. The molecule has 0 heterocycles. The summed E-state index contributed by atoms with van der Waals surface area (Å²) in [4.78, 5) is 14.7. The number of nitrogens with one attached hydrogen (secondary N) is 2. The monoisotopic (exact) mass is 379 g/mol. The summed E-state index contributed by atoms with van der Waals surface area (Å²) < 4.78 is 39.3. The molecule has 2 aromatic rings. The van der Waals surface area contributed by atoms with Crippen LogP contribution in [0.1, 0.15) is 22.7 Å². The minimum atomic E-state index is -4.45. The molecule has 0 aliphatic heterocycles. The fourth-order valence-corrected chi connectivity index (χ4v) is 2.68. The normalized spacial score (nSPS) is 12.8. The van der Waals surface area contributed by atoms with Crippen molar-refractivity contribution in [1.29, 1.82) is 0 Å². The average Bonchev–Trinajstić information content (AvgIpc) is 2.63. The third kappa shape index (κ3) is 6.37. The van der Waals surface area contributed by atoms with E-state index in [0.29, 0.717) is 6.54 Å². The van der Waals surface area contributed by atoms with Gasteiger partial charge in [-0.15, -0.1) is 0 Å². The van der Waals surface area contributed by atoms with E-state index >= 15 is 0 Å². The van der Waals surface area contributed by atoms with Gasteiger partial charge in [-0.1, -0.05) is 48.5 Å². The quantitative estimate of drug-likeness (QED) is 0.740. The molecule has 4 nitrogen and oxygen atoms in total. The van der Waals surface area contributed by atoms with Crippen molar-refractivity contribution in [3.63, 3.8) is 0 Å². The minimum absolute atomic E-state index is 0.0402. The Kier molecular flexibility index (Phi) is 7.38. The number of halogens is 3. The van der Waals surface area contributed by atoms with Crippen molar-refractivity contribution in [2.24, 2.45) is 0 Å². The Hall–Kier alpha value is -2.38. The number of carbonyl (C=O) groups excluding carboxylic acids is 1.